The van der Waals surface area contributed by atoms with E-state index in [-0.39, 0.29) is 40.3 Å². The van der Waals surface area contributed by atoms with Gasteiger partial charge in [0.1, 0.15) is 29.0 Å². The molecule has 2 amide bonds. The first-order valence-electron chi connectivity index (χ1n) is 20.2. The Kier molecular flexibility index (Phi) is 14.3. The first-order valence-corrected chi connectivity index (χ1v) is 22.1. The van der Waals surface area contributed by atoms with Gasteiger partial charge in [0.25, 0.3) is 12.2 Å². The molecule has 1 N–H and O–H groups in total. The first-order chi connectivity index (χ1) is 29.3. The van der Waals surface area contributed by atoms with Gasteiger partial charge in [-0.3, -0.25) is 4.79 Å². The topological polar surface area (TPSA) is 185 Å². The number of Topliss-reactive ketones (excluding diaryl/α,β-unsaturated/α-hetero) is 1. The number of aromatic nitrogens is 3. The number of nitrogens with one attached hydrogen (secondary N) is 1. The fourth-order valence-corrected chi connectivity index (χ4v) is 6.93. The van der Waals surface area contributed by atoms with E-state index in [1.165, 1.54) is 42.0 Å². The van der Waals surface area contributed by atoms with E-state index >= 15 is 0 Å². The number of hydrogen-bond acceptors (Lipinski definition) is 12. The number of carbonyl (C=O) groups excluding carboxylic acids is 4. The molecule has 0 saturated carbocycles. The van der Waals surface area contributed by atoms with E-state index in [0.29, 0.717) is 5.65 Å². The molecule has 15 nitrogen and oxygen atoms in total. The summed E-state index contributed by atoms with van der Waals surface area (Å²) in [5.74, 6) is -2.52. The maximum absolute atomic E-state index is 14.4. The number of pyridine rings is 1. The van der Waals surface area contributed by atoms with Gasteiger partial charge < -0.3 is 24.3 Å². The van der Waals surface area contributed by atoms with Gasteiger partial charge in [-0.05, 0) is 79.3 Å². The van der Waals surface area contributed by atoms with Gasteiger partial charge in [-0.25, -0.2) is 36.6 Å². The van der Waals surface area contributed by atoms with Crippen LogP contribution in [0.5, 0.6) is 5.75 Å². The summed E-state index contributed by atoms with van der Waals surface area (Å²) in [6.45, 7) is 15.3. The Morgan fingerprint density at radius 3 is 2.06 bits per heavy atom. The van der Waals surface area contributed by atoms with Gasteiger partial charge in [0, 0.05) is 42.3 Å². The Hall–Kier alpha value is -6.36. The molecule has 5 rings (SSSR count). The lowest BCUT2D eigenvalue weighted by Crippen LogP contribution is -2.52. The van der Waals surface area contributed by atoms with E-state index in [2.05, 4.69) is 15.4 Å². The molecule has 0 aliphatic rings. The van der Waals surface area contributed by atoms with Crippen LogP contribution in [-0.2, 0) is 40.1 Å². The van der Waals surface area contributed by atoms with Crippen molar-refractivity contribution in [3.63, 3.8) is 0 Å². The SMILES string of the molecule is COc1cc(S(C)(=O)=O)ccc1N(C(=O)OC(OC(=O)[C@@H](NC(=O)OC(C)(C)C)C(C)(C)C)C(C)C)c1nc2ccc(-c3ccc(CC(=O)[C@H](C)c4ccc(F)cc4)cc3)cn2n1. The minimum absolute atomic E-state index is 0.0119. The lowest BCUT2D eigenvalue weighted by atomic mass is 9.87. The van der Waals surface area contributed by atoms with Crippen molar-refractivity contribution in [3.8, 4) is 16.9 Å². The number of esters is 1. The summed E-state index contributed by atoms with van der Waals surface area (Å²) < 4.78 is 62.4. The number of anilines is 2. The number of methoxy groups -OCH3 is 1. The molecule has 336 valence electrons. The van der Waals surface area contributed by atoms with Crippen LogP contribution in [-0.4, -0.2) is 78.3 Å². The van der Waals surface area contributed by atoms with Crippen LogP contribution in [0.4, 0.5) is 25.6 Å². The molecule has 0 aliphatic carbocycles. The quantitative estimate of drug-likeness (QED) is 0.0829. The molecule has 0 bridgehead atoms. The highest BCUT2D eigenvalue weighted by Gasteiger charge is 2.39. The van der Waals surface area contributed by atoms with Gasteiger partial charge in [-0.2, -0.15) is 4.98 Å². The highest BCUT2D eigenvalue weighted by atomic mass is 32.2. The Labute approximate surface area is 366 Å². The number of carbonyl (C=O) groups is 4. The number of alkyl carbamates (subject to hydrolysis) is 1. The number of benzene rings is 3. The second-order valence-electron chi connectivity index (χ2n) is 17.6. The summed E-state index contributed by atoms with van der Waals surface area (Å²) in [7, 11) is -2.40. The second kappa shape index (κ2) is 18.9. The first kappa shape index (κ1) is 47.7. The molecule has 2 heterocycles. The van der Waals surface area contributed by atoms with Gasteiger partial charge in [0.15, 0.2) is 15.5 Å². The van der Waals surface area contributed by atoms with Crippen LogP contribution in [0.3, 0.4) is 0 Å². The minimum atomic E-state index is -3.70. The fraction of sp³-hybridized carbons (Fsp3) is 0.391. The zero-order valence-corrected chi connectivity index (χ0v) is 38.1. The molecular weight excluding hydrogens is 834 g/mol. The van der Waals surface area contributed by atoms with Gasteiger partial charge in [-0.1, -0.05) is 77.9 Å². The molecule has 17 heteroatoms. The molecule has 3 aromatic carbocycles. The van der Waals surface area contributed by atoms with Crippen molar-refractivity contribution in [2.45, 2.75) is 97.5 Å². The minimum Gasteiger partial charge on any atom is -0.495 e. The molecule has 63 heavy (non-hydrogen) atoms. The molecule has 0 aliphatic heterocycles. The Bertz CT molecular complexity index is 2580. The number of hydrogen-bond donors (Lipinski definition) is 1. The van der Waals surface area contributed by atoms with Crippen LogP contribution < -0.4 is 15.0 Å². The molecule has 0 radical (unpaired) electrons. The molecule has 0 spiro atoms. The van der Waals surface area contributed by atoms with E-state index in [1.807, 2.05) is 24.3 Å². The molecule has 2 aromatic heterocycles. The van der Waals surface area contributed by atoms with E-state index in [4.69, 9.17) is 18.9 Å². The number of rotatable bonds is 14. The summed E-state index contributed by atoms with van der Waals surface area (Å²) in [5.41, 5.74) is 1.68. The van der Waals surface area contributed by atoms with Crippen molar-refractivity contribution in [1.29, 1.82) is 0 Å². The largest absolute Gasteiger partial charge is 0.495 e. The summed E-state index contributed by atoms with van der Waals surface area (Å²) in [6, 6.07) is 19.5. The summed E-state index contributed by atoms with van der Waals surface area (Å²) in [4.78, 5) is 59.4. The fourth-order valence-electron chi connectivity index (χ4n) is 6.29. The van der Waals surface area contributed by atoms with E-state index in [0.717, 1.165) is 33.4 Å². The predicted molar refractivity (Wildman–Crippen MR) is 234 cm³/mol. The highest BCUT2D eigenvalue weighted by Crippen LogP contribution is 2.36. The van der Waals surface area contributed by atoms with Crippen LogP contribution in [0.2, 0.25) is 0 Å². The summed E-state index contributed by atoms with van der Waals surface area (Å²) in [6.07, 6.45) is -0.530. The van der Waals surface area contributed by atoms with Crippen molar-refractivity contribution < 1.29 is 50.9 Å². The van der Waals surface area contributed by atoms with Crippen LogP contribution >= 0.6 is 0 Å². The number of sulfone groups is 1. The van der Waals surface area contributed by atoms with Crippen molar-refractivity contribution in [2.24, 2.45) is 11.3 Å². The Morgan fingerprint density at radius 2 is 1.49 bits per heavy atom. The third kappa shape index (κ3) is 12.2. The molecule has 5 aromatic rings. The van der Waals surface area contributed by atoms with Gasteiger partial charge in [0.05, 0.1) is 17.7 Å². The molecule has 3 atom stereocenters. The van der Waals surface area contributed by atoms with Crippen molar-refractivity contribution in [2.75, 3.05) is 18.3 Å². The van der Waals surface area contributed by atoms with Gasteiger partial charge in [-0.15, -0.1) is 5.10 Å². The summed E-state index contributed by atoms with van der Waals surface area (Å²) in [5, 5.41) is 7.18. The predicted octanol–water partition coefficient (Wildman–Crippen LogP) is 8.60. The average Bonchev–Trinajstić information content (AvgIpc) is 3.61. The number of ketones is 1. The number of halogens is 1. The summed E-state index contributed by atoms with van der Waals surface area (Å²) >= 11 is 0. The standard InChI is InChI=1S/C46H54FN5O10S/c1-27(2)41(60-40(54)39(45(4,5)6)49-43(55)62-46(7,8)9)61-44(56)52(35-22-21-34(63(11,57)58)25-37(35)59-10)42-48-38-23-18-32(26-51(38)50-42)31-14-12-29(13-15-31)24-36(53)28(3)30-16-19-33(47)20-17-30/h12-23,25-28,39,41H,24H2,1-11H3,(H,49,55)/t28-,39-,41?/m1/s1. The molecule has 1 unspecified atom stereocenters. The normalized spacial score (nSPS) is 13.5. The van der Waals surface area contributed by atoms with E-state index in [1.54, 1.807) is 92.8 Å². The number of nitrogens with zero attached hydrogens (tertiary/aromatic N) is 4. The highest BCUT2D eigenvalue weighted by molar-refractivity contribution is 7.90. The Balaban J connectivity index is 1.46. The smallest absolute Gasteiger partial charge is 0.424 e. The third-order valence-corrected chi connectivity index (χ3v) is 10.9. The van der Waals surface area contributed by atoms with Crippen molar-refractivity contribution in [1.82, 2.24) is 19.9 Å². The molecule has 0 fully saturated rings. The zero-order valence-electron chi connectivity index (χ0n) is 37.3. The monoisotopic (exact) mass is 887 g/mol. The van der Waals surface area contributed by atoms with Crippen molar-refractivity contribution in [3.05, 3.63) is 102 Å². The van der Waals surface area contributed by atoms with E-state index in [9.17, 15) is 32.0 Å². The number of ether oxygens (including phenoxy) is 4. The van der Waals surface area contributed by atoms with Gasteiger partial charge in [0.2, 0.25) is 0 Å². The van der Waals surface area contributed by atoms with Crippen molar-refractivity contribution >= 4 is 51.1 Å². The number of amides is 2. The lowest BCUT2D eigenvalue weighted by Gasteiger charge is -2.32. The van der Waals surface area contributed by atoms with Crippen LogP contribution in [0, 0.1) is 17.2 Å². The van der Waals surface area contributed by atoms with Crippen LogP contribution in [0.1, 0.15) is 79.4 Å². The molecule has 0 saturated heterocycles. The Morgan fingerprint density at radius 1 is 0.857 bits per heavy atom. The van der Waals surface area contributed by atoms with E-state index < -0.39 is 63.2 Å². The third-order valence-electron chi connectivity index (χ3n) is 9.80. The average molecular weight is 888 g/mol. The second-order valence-corrected chi connectivity index (χ2v) is 19.6. The van der Waals surface area contributed by atoms with Crippen LogP contribution in [0.25, 0.3) is 16.8 Å². The maximum atomic E-state index is 14.4. The maximum Gasteiger partial charge on any atom is 0.424 e. The van der Waals surface area contributed by atoms with Gasteiger partial charge >= 0.3 is 18.2 Å². The molecular formula is C46H54FN5O10S. The number of fused-ring (bicyclic) bond motifs is 1. The lowest BCUT2D eigenvalue weighted by molar-refractivity contribution is -0.179. The zero-order chi connectivity index (χ0) is 46.6. The van der Waals surface area contributed by atoms with Crippen LogP contribution in [0.15, 0.2) is 90.0 Å².